The van der Waals surface area contributed by atoms with E-state index in [-0.39, 0.29) is 17.6 Å². The minimum atomic E-state index is -5.08. The van der Waals surface area contributed by atoms with E-state index in [1.165, 1.54) is 4.88 Å². The quantitative estimate of drug-likeness (QED) is 0.711. The lowest BCUT2D eigenvalue weighted by Gasteiger charge is -2.38. The molecule has 2 aliphatic heterocycles. The number of aliphatic carboxylic acids is 1. The highest BCUT2D eigenvalue weighted by Crippen LogP contribution is 2.36. The Morgan fingerprint density at radius 1 is 1.25 bits per heavy atom. The molecule has 1 atom stereocenters. The van der Waals surface area contributed by atoms with Gasteiger partial charge in [0.15, 0.2) is 0 Å². The van der Waals surface area contributed by atoms with Crippen molar-refractivity contribution >= 4 is 23.2 Å². The Balaban J connectivity index is 0.000000360. The molecule has 0 bridgehead atoms. The Morgan fingerprint density at radius 2 is 1.97 bits per heavy atom. The first-order valence-electron chi connectivity index (χ1n) is 10.1. The van der Waals surface area contributed by atoms with E-state index < -0.39 is 12.1 Å². The predicted octanol–water partition coefficient (Wildman–Crippen LogP) is 3.33. The van der Waals surface area contributed by atoms with Crippen molar-refractivity contribution in [1.82, 2.24) is 15.2 Å². The molecule has 32 heavy (non-hydrogen) atoms. The standard InChI is InChI=1S/C19H23N3O2S.C2HF3O2/c23-18(17-5-1-2-8-20-17)21-15-12-19(24-14-15)6-9-22(10-7-19)13-16-4-3-11-25-16;3-2(4,5)1(6)7/h1-5,8,11,15H,6-7,9-10,12-14H2,(H,21,23);(H,6,7). The highest BCUT2D eigenvalue weighted by Gasteiger charge is 2.43. The van der Waals surface area contributed by atoms with Gasteiger partial charge in [0.25, 0.3) is 5.91 Å². The van der Waals surface area contributed by atoms with Crippen LogP contribution in [0.3, 0.4) is 0 Å². The SMILES string of the molecule is O=C(NC1COC2(CCN(Cc3cccs3)CC2)C1)c1ccccn1.O=C(O)C(F)(F)F. The van der Waals surface area contributed by atoms with Crippen LogP contribution in [0.1, 0.15) is 34.6 Å². The smallest absolute Gasteiger partial charge is 0.475 e. The van der Waals surface area contributed by atoms with E-state index in [1.807, 2.05) is 23.5 Å². The van der Waals surface area contributed by atoms with Gasteiger partial charge in [0, 0.05) is 30.7 Å². The molecule has 1 unspecified atom stereocenters. The van der Waals surface area contributed by atoms with E-state index in [4.69, 9.17) is 14.6 Å². The van der Waals surface area contributed by atoms with Crippen LogP contribution >= 0.6 is 11.3 Å². The van der Waals surface area contributed by atoms with Gasteiger partial charge in [0.1, 0.15) is 5.69 Å². The Labute approximate surface area is 187 Å². The second-order valence-electron chi connectivity index (χ2n) is 7.74. The van der Waals surface area contributed by atoms with Gasteiger partial charge in [-0.25, -0.2) is 4.79 Å². The number of carboxylic acid groups (broad SMARTS) is 1. The maximum atomic E-state index is 12.3. The van der Waals surface area contributed by atoms with Crippen LogP contribution in [0.2, 0.25) is 0 Å². The van der Waals surface area contributed by atoms with Crippen LogP contribution in [0.4, 0.5) is 13.2 Å². The van der Waals surface area contributed by atoms with Crippen molar-refractivity contribution in [2.45, 2.75) is 43.6 Å². The number of amides is 1. The first-order valence-corrected chi connectivity index (χ1v) is 11.0. The number of piperidine rings is 1. The zero-order valence-electron chi connectivity index (χ0n) is 17.2. The molecule has 2 saturated heterocycles. The minimum absolute atomic E-state index is 0.0615. The predicted molar refractivity (Wildman–Crippen MR) is 111 cm³/mol. The van der Waals surface area contributed by atoms with E-state index in [1.54, 1.807) is 12.3 Å². The molecule has 2 aromatic rings. The van der Waals surface area contributed by atoms with Gasteiger partial charge in [-0.2, -0.15) is 13.2 Å². The maximum Gasteiger partial charge on any atom is 0.490 e. The van der Waals surface area contributed by atoms with E-state index in [0.717, 1.165) is 38.9 Å². The molecule has 4 heterocycles. The van der Waals surface area contributed by atoms with Crippen LogP contribution in [-0.2, 0) is 16.1 Å². The monoisotopic (exact) mass is 471 g/mol. The number of hydrogen-bond acceptors (Lipinski definition) is 6. The van der Waals surface area contributed by atoms with E-state index in [2.05, 4.69) is 32.7 Å². The second kappa shape index (κ2) is 10.4. The second-order valence-corrected chi connectivity index (χ2v) is 8.77. The van der Waals surface area contributed by atoms with Crippen LogP contribution in [0, 0.1) is 0 Å². The van der Waals surface area contributed by atoms with Crippen molar-refractivity contribution in [3.8, 4) is 0 Å². The number of hydrogen-bond donors (Lipinski definition) is 2. The van der Waals surface area contributed by atoms with Gasteiger partial charge in [0.05, 0.1) is 18.2 Å². The number of carbonyl (C=O) groups is 2. The number of rotatable bonds is 4. The number of nitrogens with one attached hydrogen (secondary N) is 1. The average Bonchev–Trinajstić information content (AvgIpc) is 3.41. The average molecular weight is 472 g/mol. The number of thiophene rings is 1. The number of ether oxygens (including phenoxy) is 1. The van der Waals surface area contributed by atoms with Crippen molar-refractivity contribution in [2.24, 2.45) is 0 Å². The van der Waals surface area contributed by atoms with Crippen molar-refractivity contribution in [3.63, 3.8) is 0 Å². The molecule has 174 valence electrons. The fourth-order valence-corrected chi connectivity index (χ4v) is 4.53. The maximum absolute atomic E-state index is 12.3. The van der Waals surface area contributed by atoms with Gasteiger partial charge in [-0.05, 0) is 42.8 Å². The Kier molecular flexibility index (Phi) is 7.86. The summed E-state index contributed by atoms with van der Waals surface area (Å²) < 4.78 is 37.9. The Hall–Kier alpha value is -2.50. The third-order valence-corrected chi connectivity index (χ3v) is 6.27. The van der Waals surface area contributed by atoms with Crippen molar-refractivity contribution in [2.75, 3.05) is 19.7 Å². The number of alkyl halides is 3. The molecule has 1 spiro atoms. The first kappa shape index (κ1) is 24.1. The van der Waals surface area contributed by atoms with Crippen LogP contribution < -0.4 is 5.32 Å². The third kappa shape index (κ3) is 6.75. The lowest BCUT2D eigenvalue weighted by molar-refractivity contribution is -0.192. The molecule has 2 aromatic heterocycles. The fourth-order valence-electron chi connectivity index (χ4n) is 3.78. The number of carboxylic acids is 1. The molecule has 2 aliphatic rings. The molecule has 0 radical (unpaired) electrons. The van der Waals surface area contributed by atoms with Crippen LogP contribution in [0.15, 0.2) is 41.9 Å². The Morgan fingerprint density at radius 3 is 2.53 bits per heavy atom. The molecule has 0 aromatic carbocycles. The number of pyridine rings is 1. The summed E-state index contributed by atoms with van der Waals surface area (Å²) >= 11 is 1.82. The van der Waals surface area contributed by atoms with Gasteiger partial charge in [-0.3, -0.25) is 14.7 Å². The summed E-state index contributed by atoms with van der Waals surface area (Å²) in [5, 5.41) is 12.3. The Bertz CT molecular complexity index is 885. The van der Waals surface area contributed by atoms with Crippen LogP contribution in [0.5, 0.6) is 0 Å². The number of nitrogens with zero attached hydrogens (tertiary/aromatic N) is 2. The van der Waals surface area contributed by atoms with Gasteiger partial charge < -0.3 is 15.2 Å². The number of aromatic nitrogens is 1. The summed E-state index contributed by atoms with van der Waals surface area (Å²) in [4.78, 5) is 29.2. The normalized spacial score (nSPS) is 20.4. The number of likely N-dealkylation sites (tertiary alicyclic amines) is 1. The molecule has 2 fully saturated rings. The van der Waals surface area contributed by atoms with Gasteiger partial charge in [-0.1, -0.05) is 12.1 Å². The summed E-state index contributed by atoms with van der Waals surface area (Å²) in [5.41, 5.74) is 0.405. The van der Waals surface area contributed by atoms with Crippen LogP contribution in [-0.4, -0.2) is 64.4 Å². The van der Waals surface area contributed by atoms with Gasteiger partial charge >= 0.3 is 12.1 Å². The summed E-state index contributed by atoms with van der Waals surface area (Å²) in [6, 6.07) is 9.78. The summed E-state index contributed by atoms with van der Waals surface area (Å²) in [7, 11) is 0. The molecule has 2 N–H and O–H groups in total. The van der Waals surface area contributed by atoms with Gasteiger partial charge in [0.2, 0.25) is 0 Å². The number of carbonyl (C=O) groups excluding carboxylic acids is 1. The number of halogens is 3. The lowest BCUT2D eigenvalue weighted by Crippen LogP contribution is -2.44. The molecule has 1 amide bonds. The zero-order chi connectivity index (χ0) is 23.2. The van der Waals surface area contributed by atoms with E-state index in [9.17, 15) is 18.0 Å². The largest absolute Gasteiger partial charge is 0.490 e. The van der Waals surface area contributed by atoms with Crippen molar-refractivity contribution < 1.29 is 32.6 Å². The lowest BCUT2D eigenvalue weighted by atomic mass is 9.87. The van der Waals surface area contributed by atoms with E-state index >= 15 is 0 Å². The topological polar surface area (TPSA) is 91.8 Å². The highest BCUT2D eigenvalue weighted by molar-refractivity contribution is 7.09. The molecule has 7 nitrogen and oxygen atoms in total. The van der Waals surface area contributed by atoms with Crippen molar-refractivity contribution in [3.05, 3.63) is 52.5 Å². The molecular formula is C21H24F3N3O4S. The fraction of sp³-hybridized carbons (Fsp3) is 0.476. The first-order chi connectivity index (χ1) is 15.2. The van der Waals surface area contributed by atoms with E-state index in [0.29, 0.717) is 12.3 Å². The molecule has 0 aliphatic carbocycles. The van der Waals surface area contributed by atoms with Gasteiger partial charge in [-0.15, -0.1) is 11.3 Å². The van der Waals surface area contributed by atoms with Crippen LogP contribution in [0.25, 0.3) is 0 Å². The summed E-state index contributed by atoms with van der Waals surface area (Å²) in [6.07, 6.45) is -0.466. The molecule has 4 rings (SSSR count). The molecular weight excluding hydrogens is 447 g/mol. The molecule has 0 saturated carbocycles. The zero-order valence-corrected chi connectivity index (χ0v) is 18.0. The highest BCUT2D eigenvalue weighted by atomic mass is 32.1. The minimum Gasteiger partial charge on any atom is -0.475 e. The third-order valence-electron chi connectivity index (χ3n) is 5.41. The summed E-state index contributed by atoms with van der Waals surface area (Å²) in [5.74, 6) is -2.87. The summed E-state index contributed by atoms with van der Waals surface area (Å²) in [6.45, 7) is 3.74. The van der Waals surface area contributed by atoms with Crippen molar-refractivity contribution in [1.29, 1.82) is 0 Å². The molecule has 11 heteroatoms.